The Kier molecular flexibility index (Phi) is 4.78. The second-order valence-electron chi connectivity index (χ2n) is 7.94. The van der Waals surface area contributed by atoms with Crippen molar-refractivity contribution in [1.29, 1.82) is 0 Å². The number of rotatable bonds is 4. The molecule has 0 radical (unpaired) electrons. The molecule has 0 bridgehead atoms. The summed E-state index contributed by atoms with van der Waals surface area (Å²) < 4.78 is 1.71. The van der Waals surface area contributed by atoms with Gasteiger partial charge in [-0.25, -0.2) is 9.67 Å². The van der Waals surface area contributed by atoms with Gasteiger partial charge in [-0.3, -0.25) is 0 Å². The Balaban J connectivity index is 2.00. The first-order chi connectivity index (χ1) is 11.7. The van der Waals surface area contributed by atoms with E-state index in [2.05, 4.69) is 49.9 Å². The summed E-state index contributed by atoms with van der Waals surface area (Å²) in [5.74, 6) is 0.361. The average molecular weight is 360 g/mol. The number of halogens is 1. The van der Waals surface area contributed by atoms with E-state index in [0.717, 1.165) is 34.6 Å². The lowest BCUT2D eigenvalue weighted by atomic mass is 9.76. The zero-order valence-corrected chi connectivity index (χ0v) is 16.1. The molecular weight excluding hydrogens is 334 g/mol. The van der Waals surface area contributed by atoms with Crippen LogP contribution in [0.4, 0.5) is 0 Å². The van der Waals surface area contributed by atoms with Crippen LogP contribution < -0.4 is 0 Å². The molecule has 1 fully saturated rings. The second-order valence-corrected chi connectivity index (χ2v) is 8.35. The lowest BCUT2D eigenvalue weighted by Crippen LogP contribution is -2.45. The predicted octanol–water partition coefficient (Wildman–Crippen LogP) is 4.69. The second kappa shape index (κ2) is 6.58. The highest BCUT2D eigenvalue weighted by Crippen LogP contribution is 2.50. The summed E-state index contributed by atoms with van der Waals surface area (Å²) in [4.78, 5) is 4.00. The molecule has 4 nitrogen and oxygen atoms in total. The first-order valence-electron chi connectivity index (χ1n) is 8.78. The van der Waals surface area contributed by atoms with Gasteiger partial charge in [-0.15, -0.1) is 0 Å². The monoisotopic (exact) mass is 359 g/mol. The molecule has 1 atom stereocenters. The summed E-state index contributed by atoms with van der Waals surface area (Å²) in [6.45, 7) is 8.92. The Bertz CT molecular complexity index is 780. The normalized spacial score (nSPS) is 24.4. The molecule has 2 aromatic rings. The van der Waals surface area contributed by atoms with Crippen LogP contribution in [-0.4, -0.2) is 25.5 Å². The molecule has 1 aromatic heterocycles. The summed E-state index contributed by atoms with van der Waals surface area (Å²) >= 11 is 6.32. The molecule has 0 saturated heterocycles. The van der Waals surface area contributed by atoms with Crippen molar-refractivity contribution in [1.82, 2.24) is 14.8 Å². The van der Waals surface area contributed by atoms with E-state index in [4.69, 9.17) is 11.6 Å². The quantitative estimate of drug-likeness (QED) is 0.861. The predicted molar refractivity (Wildman–Crippen MR) is 102 cm³/mol. The maximum atomic E-state index is 11.6. The van der Waals surface area contributed by atoms with E-state index in [-0.39, 0.29) is 5.41 Å². The molecule has 0 spiro atoms. The van der Waals surface area contributed by atoms with Crippen LogP contribution in [-0.2, 0) is 6.54 Å². The summed E-state index contributed by atoms with van der Waals surface area (Å²) in [6, 6.07) is 6.09. The maximum Gasteiger partial charge on any atom is 0.137 e. The SMILES string of the molecule is CC(C)c1cc(C=C2CCC(C)(C)C2(O)Cn2cncn2)ccc1Cl. The molecule has 1 saturated carbocycles. The van der Waals surface area contributed by atoms with Crippen LogP contribution in [0, 0.1) is 5.41 Å². The topological polar surface area (TPSA) is 50.9 Å². The van der Waals surface area contributed by atoms with E-state index < -0.39 is 5.60 Å². The van der Waals surface area contributed by atoms with Crippen LogP contribution in [0.5, 0.6) is 0 Å². The zero-order chi connectivity index (χ0) is 18.2. The maximum absolute atomic E-state index is 11.6. The van der Waals surface area contributed by atoms with Gasteiger partial charge >= 0.3 is 0 Å². The number of benzene rings is 1. The molecule has 0 aliphatic heterocycles. The molecule has 25 heavy (non-hydrogen) atoms. The van der Waals surface area contributed by atoms with Crippen molar-refractivity contribution in [3.8, 4) is 0 Å². The van der Waals surface area contributed by atoms with E-state index >= 15 is 0 Å². The van der Waals surface area contributed by atoms with Gasteiger partial charge in [0.25, 0.3) is 0 Å². The molecule has 1 unspecified atom stereocenters. The van der Waals surface area contributed by atoms with Crippen LogP contribution in [0.25, 0.3) is 6.08 Å². The highest BCUT2D eigenvalue weighted by Gasteiger charge is 2.51. The fraction of sp³-hybridized carbons (Fsp3) is 0.500. The number of hydrogen-bond donors (Lipinski definition) is 1. The van der Waals surface area contributed by atoms with Crippen molar-refractivity contribution >= 4 is 17.7 Å². The lowest BCUT2D eigenvalue weighted by molar-refractivity contribution is -0.0298. The van der Waals surface area contributed by atoms with Crippen molar-refractivity contribution in [3.63, 3.8) is 0 Å². The Morgan fingerprint density at radius 3 is 2.76 bits per heavy atom. The van der Waals surface area contributed by atoms with E-state index in [9.17, 15) is 5.11 Å². The Labute approximate surface area is 154 Å². The van der Waals surface area contributed by atoms with Gasteiger partial charge in [-0.05, 0) is 46.9 Å². The van der Waals surface area contributed by atoms with Gasteiger partial charge in [-0.1, -0.05) is 57.5 Å². The molecule has 1 aliphatic carbocycles. The van der Waals surface area contributed by atoms with Gasteiger partial charge in [0.15, 0.2) is 0 Å². The smallest absolute Gasteiger partial charge is 0.137 e. The fourth-order valence-corrected chi connectivity index (χ4v) is 3.98. The molecule has 0 amide bonds. The van der Waals surface area contributed by atoms with Gasteiger partial charge in [0.1, 0.15) is 18.3 Å². The molecule has 3 rings (SSSR count). The highest BCUT2D eigenvalue weighted by molar-refractivity contribution is 6.31. The third-order valence-electron chi connectivity index (χ3n) is 5.51. The number of aromatic nitrogens is 3. The van der Waals surface area contributed by atoms with Crippen LogP contribution >= 0.6 is 11.6 Å². The van der Waals surface area contributed by atoms with E-state index in [1.807, 2.05) is 12.1 Å². The van der Waals surface area contributed by atoms with Crippen LogP contribution in [0.15, 0.2) is 36.4 Å². The van der Waals surface area contributed by atoms with Gasteiger partial charge in [0.2, 0.25) is 0 Å². The average Bonchev–Trinajstić information content (AvgIpc) is 3.11. The third-order valence-corrected chi connectivity index (χ3v) is 5.85. The molecule has 1 aromatic carbocycles. The Morgan fingerprint density at radius 1 is 1.36 bits per heavy atom. The van der Waals surface area contributed by atoms with Crippen molar-refractivity contribution in [2.45, 2.75) is 58.6 Å². The van der Waals surface area contributed by atoms with Gasteiger partial charge in [0.05, 0.1) is 6.54 Å². The number of hydrogen-bond acceptors (Lipinski definition) is 3. The summed E-state index contributed by atoms with van der Waals surface area (Å²) in [5.41, 5.74) is 2.09. The summed E-state index contributed by atoms with van der Waals surface area (Å²) in [5, 5.41) is 16.5. The van der Waals surface area contributed by atoms with Crippen molar-refractivity contribution in [2.75, 3.05) is 0 Å². The Morgan fingerprint density at radius 2 is 2.12 bits per heavy atom. The summed E-state index contributed by atoms with van der Waals surface area (Å²) in [6.07, 6.45) is 7.09. The summed E-state index contributed by atoms with van der Waals surface area (Å²) in [7, 11) is 0. The van der Waals surface area contributed by atoms with E-state index in [0.29, 0.717) is 12.5 Å². The first kappa shape index (κ1) is 18.2. The highest BCUT2D eigenvalue weighted by atomic mass is 35.5. The minimum atomic E-state index is -0.946. The van der Waals surface area contributed by atoms with Crippen LogP contribution in [0.3, 0.4) is 0 Å². The standard InChI is InChI=1S/C20H26ClN3O/c1-14(2)17-10-15(5-6-18(17)21)9-16-7-8-19(3,4)20(16,25)11-24-13-22-12-23-24/h5-6,9-10,12-14,25H,7-8,11H2,1-4H3. The molecule has 134 valence electrons. The molecule has 1 aliphatic rings. The third kappa shape index (κ3) is 3.38. The molecule has 1 N–H and O–H groups in total. The van der Waals surface area contributed by atoms with Crippen molar-refractivity contribution in [3.05, 3.63) is 52.6 Å². The van der Waals surface area contributed by atoms with Crippen molar-refractivity contribution in [2.24, 2.45) is 5.41 Å². The minimum absolute atomic E-state index is 0.224. The van der Waals surface area contributed by atoms with Crippen LogP contribution in [0.1, 0.15) is 57.6 Å². The van der Waals surface area contributed by atoms with Crippen molar-refractivity contribution < 1.29 is 5.11 Å². The Hall–Kier alpha value is -1.65. The molecular formula is C20H26ClN3O. The first-order valence-corrected chi connectivity index (χ1v) is 9.16. The fourth-order valence-electron chi connectivity index (χ4n) is 3.65. The van der Waals surface area contributed by atoms with Crippen LogP contribution in [0.2, 0.25) is 5.02 Å². The largest absolute Gasteiger partial charge is 0.383 e. The van der Waals surface area contributed by atoms with Gasteiger partial charge < -0.3 is 5.11 Å². The lowest BCUT2D eigenvalue weighted by Gasteiger charge is -2.37. The zero-order valence-electron chi connectivity index (χ0n) is 15.3. The minimum Gasteiger partial charge on any atom is -0.383 e. The van der Waals surface area contributed by atoms with E-state index in [1.54, 1.807) is 11.0 Å². The van der Waals surface area contributed by atoms with Gasteiger partial charge in [-0.2, -0.15) is 5.10 Å². The van der Waals surface area contributed by atoms with Gasteiger partial charge in [0, 0.05) is 5.02 Å². The molecule has 5 heteroatoms. The molecule has 1 heterocycles. The number of aliphatic hydroxyl groups is 1. The number of nitrogens with zero attached hydrogens (tertiary/aromatic N) is 3. The van der Waals surface area contributed by atoms with E-state index in [1.165, 1.54) is 6.33 Å².